The summed E-state index contributed by atoms with van der Waals surface area (Å²) < 4.78 is 23.6. The molecule has 0 bridgehead atoms. The maximum absolute atomic E-state index is 14.0. The molecular weight excluding hydrogens is 322 g/mol. The van der Waals surface area contributed by atoms with Crippen LogP contribution in [0.5, 0.6) is 0 Å². The van der Waals surface area contributed by atoms with Crippen molar-refractivity contribution in [1.82, 2.24) is 10.3 Å². The summed E-state index contributed by atoms with van der Waals surface area (Å²) in [6.45, 7) is 4.96. The summed E-state index contributed by atoms with van der Waals surface area (Å²) in [5.74, 6) is -1.64. The van der Waals surface area contributed by atoms with Crippen LogP contribution in [-0.4, -0.2) is 53.0 Å². The van der Waals surface area contributed by atoms with Crippen LogP contribution < -0.4 is 10.8 Å². The Morgan fingerprint density at radius 2 is 2.04 bits per heavy atom. The second-order valence-corrected chi connectivity index (χ2v) is 6.00. The van der Waals surface area contributed by atoms with E-state index in [9.17, 15) is 14.0 Å². The molecule has 1 rings (SSSR count). The molecule has 0 saturated carbocycles. The third-order valence-electron chi connectivity index (χ3n) is 2.81. The average molecular weight is 342 g/mol. The quantitative estimate of drug-likeness (QED) is 0.488. The van der Waals surface area contributed by atoms with Crippen molar-refractivity contribution in [3.63, 3.8) is 0 Å². The Morgan fingerprint density at radius 3 is 2.50 bits per heavy atom. The fourth-order valence-electron chi connectivity index (χ4n) is 1.75. The number of amides is 1. The Morgan fingerprint density at radius 1 is 1.42 bits per heavy atom. The highest BCUT2D eigenvalue weighted by Gasteiger charge is 2.27. The minimum absolute atomic E-state index is 0.133. The Labute approximate surface area is 139 Å². The zero-order valence-electron chi connectivity index (χ0n) is 13.9. The molecule has 1 aromatic rings. The van der Waals surface area contributed by atoms with E-state index in [1.165, 1.54) is 0 Å². The van der Waals surface area contributed by atoms with Crippen LogP contribution in [0.4, 0.5) is 9.18 Å². The second kappa shape index (κ2) is 8.07. The SMILES string of the molecule is COC(=O)C(Cc1ncc(B(O)O)cc1F)NC(=O)OC(C)(C)C. The summed E-state index contributed by atoms with van der Waals surface area (Å²) in [5, 5.41) is 20.2. The summed E-state index contributed by atoms with van der Waals surface area (Å²) in [7, 11) is -0.737. The summed E-state index contributed by atoms with van der Waals surface area (Å²) in [4.78, 5) is 27.3. The Bertz CT molecular complexity index is 605. The minimum Gasteiger partial charge on any atom is -0.467 e. The molecule has 0 radical (unpaired) electrons. The molecule has 132 valence electrons. The lowest BCUT2D eigenvalue weighted by Crippen LogP contribution is -2.45. The first-order chi connectivity index (χ1) is 11.0. The van der Waals surface area contributed by atoms with E-state index in [1.807, 2.05) is 0 Å². The van der Waals surface area contributed by atoms with Crippen molar-refractivity contribution in [2.75, 3.05) is 7.11 Å². The van der Waals surface area contributed by atoms with Crippen LogP contribution in [0.25, 0.3) is 0 Å². The third-order valence-corrected chi connectivity index (χ3v) is 2.81. The van der Waals surface area contributed by atoms with E-state index in [4.69, 9.17) is 14.8 Å². The molecule has 0 fully saturated rings. The van der Waals surface area contributed by atoms with Crippen LogP contribution in [-0.2, 0) is 20.7 Å². The first-order valence-electron chi connectivity index (χ1n) is 7.11. The van der Waals surface area contributed by atoms with Gasteiger partial charge in [0.1, 0.15) is 17.5 Å². The molecule has 0 spiro atoms. The Kier molecular flexibility index (Phi) is 6.67. The van der Waals surface area contributed by atoms with Crippen LogP contribution in [0.3, 0.4) is 0 Å². The van der Waals surface area contributed by atoms with Crippen LogP contribution in [0.1, 0.15) is 26.5 Å². The van der Waals surface area contributed by atoms with Gasteiger partial charge in [-0.25, -0.2) is 14.0 Å². The normalized spacial score (nSPS) is 12.3. The molecule has 1 atom stereocenters. The number of carbonyl (C=O) groups excluding carboxylic acids is 2. The number of ether oxygens (including phenoxy) is 2. The Hall–Kier alpha value is -2.20. The van der Waals surface area contributed by atoms with E-state index >= 15 is 0 Å². The fourth-order valence-corrected chi connectivity index (χ4v) is 1.75. The predicted molar refractivity (Wildman–Crippen MR) is 82.9 cm³/mol. The number of pyridine rings is 1. The molecule has 0 aliphatic heterocycles. The molecular formula is C14H20BFN2O6. The van der Waals surface area contributed by atoms with Gasteiger partial charge < -0.3 is 24.8 Å². The van der Waals surface area contributed by atoms with Gasteiger partial charge in [0.05, 0.1) is 12.8 Å². The van der Waals surface area contributed by atoms with Crippen molar-refractivity contribution in [3.8, 4) is 0 Å². The lowest BCUT2D eigenvalue weighted by Gasteiger charge is -2.22. The highest BCUT2D eigenvalue weighted by atomic mass is 19.1. The monoisotopic (exact) mass is 342 g/mol. The van der Waals surface area contributed by atoms with Crippen molar-refractivity contribution in [2.24, 2.45) is 0 Å². The van der Waals surface area contributed by atoms with Crippen LogP contribution in [0.2, 0.25) is 0 Å². The lowest BCUT2D eigenvalue weighted by atomic mass is 9.81. The number of halogens is 1. The number of nitrogens with zero attached hydrogens (tertiary/aromatic N) is 1. The summed E-state index contributed by atoms with van der Waals surface area (Å²) in [6, 6.07) is -0.328. The zero-order chi connectivity index (χ0) is 18.5. The van der Waals surface area contributed by atoms with Crippen molar-refractivity contribution in [1.29, 1.82) is 0 Å². The van der Waals surface area contributed by atoms with Gasteiger partial charge in [-0.05, 0) is 26.8 Å². The molecule has 10 heteroatoms. The summed E-state index contributed by atoms with van der Waals surface area (Å²) in [6.07, 6.45) is -0.0922. The van der Waals surface area contributed by atoms with Crippen molar-refractivity contribution < 1.29 is 33.5 Å². The van der Waals surface area contributed by atoms with Crippen LogP contribution in [0, 0.1) is 5.82 Å². The van der Waals surface area contributed by atoms with E-state index in [2.05, 4.69) is 15.0 Å². The zero-order valence-corrected chi connectivity index (χ0v) is 13.9. The number of esters is 1. The predicted octanol–water partition coefficient (Wildman–Crippen LogP) is -0.491. The molecule has 3 N–H and O–H groups in total. The molecule has 8 nitrogen and oxygen atoms in total. The van der Waals surface area contributed by atoms with Gasteiger partial charge >= 0.3 is 19.2 Å². The topological polar surface area (TPSA) is 118 Å². The Balaban J connectivity index is 2.91. The second-order valence-electron chi connectivity index (χ2n) is 6.00. The molecule has 24 heavy (non-hydrogen) atoms. The maximum atomic E-state index is 14.0. The van der Waals surface area contributed by atoms with E-state index in [1.54, 1.807) is 20.8 Å². The van der Waals surface area contributed by atoms with Gasteiger partial charge in [-0.15, -0.1) is 0 Å². The van der Waals surface area contributed by atoms with Gasteiger partial charge in [-0.1, -0.05) is 0 Å². The van der Waals surface area contributed by atoms with Crippen molar-refractivity contribution in [2.45, 2.75) is 38.8 Å². The van der Waals surface area contributed by atoms with Gasteiger partial charge in [-0.3, -0.25) is 4.98 Å². The standard InChI is InChI=1S/C14H20BFN2O6/c1-14(2,3)24-13(20)18-11(12(19)23-4)6-10-9(16)5-8(7-17-10)15(21)22/h5,7,11,21-22H,6H2,1-4H3,(H,18,20). The first kappa shape index (κ1) is 19.9. The third kappa shape index (κ3) is 6.13. The fraction of sp³-hybridized carbons (Fsp3) is 0.500. The van der Waals surface area contributed by atoms with E-state index in [-0.39, 0.29) is 17.6 Å². The van der Waals surface area contributed by atoms with Crippen molar-refractivity contribution in [3.05, 3.63) is 23.8 Å². The van der Waals surface area contributed by atoms with Crippen molar-refractivity contribution >= 4 is 24.6 Å². The van der Waals surface area contributed by atoms with E-state index in [0.29, 0.717) is 0 Å². The number of rotatable bonds is 5. The van der Waals surface area contributed by atoms with Gasteiger partial charge in [0.15, 0.2) is 0 Å². The minimum atomic E-state index is -1.86. The van der Waals surface area contributed by atoms with Gasteiger partial charge in [0.2, 0.25) is 0 Å². The average Bonchev–Trinajstić information content (AvgIpc) is 2.45. The number of alkyl carbamates (subject to hydrolysis) is 1. The summed E-state index contributed by atoms with van der Waals surface area (Å²) >= 11 is 0. The molecule has 0 aliphatic rings. The first-order valence-corrected chi connectivity index (χ1v) is 7.11. The van der Waals surface area contributed by atoms with Crippen LogP contribution in [0.15, 0.2) is 12.3 Å². The van der Waals surface area contributed by atoms with Gasteiger partial charge in [-0.2, -0.15) is 0 Å². The number of methoxy groups -OCH3 is 1. The van der Waals surface area contributed by atoms with Gasteiger partial charge in [0.25, 0.3) is 0 Å². The van der Waals surface area contributed by atoms with E-state index < -0.39 is 36.6 Å². The molecule has 0 aliphatic carbocycles. The molecule has 1 unspecified atom stereocenters. The maximum Gasteiger partial charge on any atom is 0.490 e. The number of hydrogen-bond acceptors (Lipinski definition) is 7. The number of carbonyl (C=O) groups is 2. The summed E-state index contributed by atoms with van der Waals surface area (Å²) in [5.41, 5.74) is -1.05. The number of nitrogens with one attached hydrogen (secondary N) is 1. The van der Waals surface area contributed by atoms with Gasteiger partial charge in [0, 0.05) is 18.1 Å². The molecule has 0 aromatic carbocycles. The van der Waals surface area contributed by atoms with E-state index in [0.717, 1.165) is 19.4 Å². The highest BCUT2D eigenvalue weighted by molar-refractivity contribution is 6.58. The number of hydrogen-bond donors (Lipinski definition) is 3. The molecule has 1 amide bonds. The van der Waals surface area contributed by atoms with Crippen LogP contribution >= 0.6 is 0 Å². The molecule has 0 saturated heterocycles. The smallest absolute Gasteiger partial charge is 0.467 e. The highest BCUT2D eigenvalue weighted by Crippen LogP contribution is 2.10. The molecule has 1 heterocycles. The molecule has 1 aromatic heterocycles. The number of aromatic nitrogens is 1. The lowest BCUT2D eigenvalue weighted by molar-refractivity contribution is -0.143. The largest absolute Gasteiger partial charge is 0.490 e.